The van der Waals surface area contributed by atoms with Crippen molar-refractivity contribution in [2.45, 2.75) is 61.7 Å². The maximum atomic E-state index is 6.87. The number of amidine groups is 1. The molecule has 4 nitrogen and oxygen atoms in total. The minimum absolute atomic E-state index is 0. The average molecular weight is 494 g/mol. The fourth-order valence-corrected chi connectivity index (χ4v) is 5.44. The second-order valence-corrected chi connectivity index (χ2v) is 9.65. The topological polar surface area (TPSA) is 41.5 Å². The number of nitrogens with zero attached hydrogens (tertiary/aromatic N) is 2. The Morgan fingerprint density at radius 3 is 1.74 bits per heavy atom. The Balaban J connectivity index is 0.00000324. The van der Waals surface area contributed by atoms with Gasteiger partial charge in [-0.15, -0.1) is 0 Å². The zero-order chi connectivity index (χ0) is 24.0. The van der Waals surface area contributed by atoms with E-state index in [-0.39, 0.29) is 24.9 Å². The van der Waals surface area contributed by atoms with Crippen LogP contribution in [0.2, 0.25) is 0 Å². The van der Waals surface area contributed by atoms with Crippen molar-refractivity contribution in [3.05, 3.63) is 87.0 Å². The Kier molecular flexibility index (Phi) is 7.54. The van der Waals surface area contributed by atoms with E-state index in [4.69, 9.17) is 10.5 Å². The van der Waals surface area contributed by atoms with Gasteiger partial charge < -0.3 is 4.74 Å². The van der Waals surface area contributed by atoms with E-state index in [0.29, 0.717) is 6.54 Å². The van der Waals surface area contributed by atoms with Gasteiger partial charge in [-0.1, -0.05) is 53.6 Å². The molecule has 2 N–H and O–H groups in total. The van der Waals surface area contributed by atoms with Crippen molar-refractivity contribution in [3.63, 3.8) is 0 Å². The van der Waals surface area contributed by atoms with E-state index in [2.05, 4.69) is 107 Å². The minimum atomic E-state index is -0.384. The van der Waals surface area contributed by atoms with Crippen molar-refractivity contribution in [1.82, 2.24) is 0 Å². The number of ether oxygens (including phenoxy) is 1. The van der Waals surface area contributed by atoms with Crippen molar-refractivity contribution < 1.29 is 27.9 Å². The SMILES string of the molecule is Cc1cc(C)c(N2CC(N)=[N+](c3c(C)cc(C)cc3C)C2Oc2c(C)cccc2C)c(C)c1.[V]. The maximum absolute atomic E-state index is 6.87. The quantitative estimate of drug-likeness (QED) is 0.451. The van der Waals surface area contributed by atoms with Gasteiger partial charge in [0.25, 0.3) is 5.84 Å². The molecule has 0 aromatic heterocycles. The summed E-state index contributed by atoms with van der Waals surface area (Å²) in [6.45, 7) is 17.7. The number of rotatable bonds is 4. The number of nitrogens with two attached hydrogens (primary N) is 1. The van der Waals surface area contributed by atoms with Crippen LogP contribution < -0.4 is 15.4 Å². The molecule has 1 heterocycles. The summed E-state index contributed by atoms with van der Waals surface area (Å²) in [5.74, 6) is 1.71. The third kappa shape index (κ3) is 4.62. The zero-order valence-corrected chi connectivity index (χ0v) is 23.0. The van der Waals surface area contributed by atoms with Crippen LogP contribution in [0.5, 0.6) is 5.75 Å². The molecule has 1 atom stereocenters. The molecular weight excluding hydrogens is 457 g/mol. The molecule has 1 radical (unpaired) electrons. The number of para-hydroxylation sites is 1. The van der Waals surface area contributed by atoms with Gasteiger partial charge in [0.1, 0.15) is 18.0 Å². The van der Waals surface area contributed by atoms with Crippen LogP contribution in [-0.4, -0.2) is 23.3 Å². The van der Waals surface area contributed by atoms with Crippen molar-refractivity contribution in [1.29, 1.82) is 0 Å². The molecule has 1 aliphatic rings. The number of hydrogen-bond donors (Lipinski definition) is 1. The summed E-state index contributed by atoms with van der Waals surface area (Å²) >= 11 is 0. The second kappa shape index (κ2) is 9.89. The van der Waals surface area contributed by atoms with Gasteiger partial charge >= 0.3 is 6.35 Å². The van der Waals surface area contributed by atoms with E-state index >= 15 is 0 Å². The summed E-state index contributed by atoms with van der Waals surface area (Å²) in [7, 11) is 0. The zero-order valence-electron chi connectivity index (χ0n) is 21.7. The van der Waals surface area contributed by atoms with Gasteiger partial charge in [-0.2, -0.15) is 4.58 Å². The van der Waals surface area contributed by atoms with Crippen LogP contribution in [0, 0.1) is 55.4 Å². The molecule has 1 unspecified atom stereocenters. The summed E-state index contributed by atoms with van der Waals surface area (Å²) in [4.78, 5) is 2.31. The first-order valence-electron chi connectivity index (χ1n) is 11.6. The number of benzene rings is 3. The van der Waals surface area contributed by atoms with Crippen molar-refractivity contribution >= 4 is 17.2 Å². The Morgan fingerprint density at radius 1 is 0.765 bits per heavy atom. The molecule has 0 aliphatic carbocycles. The maximum Gasteiger partial charge on any atom is 0.328 e. The first-order valence-corrected chi connectivity index (χ1v) is 11.6. The molecule has 34 heavy (non-hydrogen) atoms. The van der Waals surface area contributed by atoms with Crippen LogP contribution in [0.4, 0.5) is 11.4 Å². The number of hydrogen-bond acceptors (Lipinski definition) is 3. The Bertz CT molecular complexity index is 1210. The molecule has 5 heteroatoms. The molecule has 0 amide bonds. The van der Waals surface area contributed by atoms with Crippen LogP contribution in [0.3, 0.4) is 0 Å². The average Bonchev–Trinajstić information content (AvgIpc) is 2.99. The molecule has 3 aromatic carbocycles. The van der Waals surface area contributed by atoms with Crippen LogP contribution in [0.1, 0.15) is 44.5 Å². The van der Waals surface area contributed by atoms with Crippen molar-refractivity contribution in [3.8, 4) is 5.75 Å². The molecule has 0 fully saturated rings. The fraction of sp³-hybridized carbons (Fsp3) is 0.345. The van der Waals surface area contributed by atoms with Gasteiger partial charge in [-0.05, 0) is 88.8 Å². The summed E-state index contributed by atoms with van der Waals surface area (Å²) < 4.78 is 9.06. The normalized spacial score (nSPS) is 15.5. The first-order chi connectivity index (χ1) is 15.6. The third-order valence-corrected chi connectivity index (χ3v) is 6.56. The Labute approximate surface area is 216 Å². The van der Waals surface area contributed by atoms with E-state index in [0.717, 1.165) is 28.4 Å². The third-order valence-electron chi connectivity index (χ3n) is 6.56. The molecule has 0 spiro atoms. The van der Waals surface area contributed by atoms with Crippen molar-refractivity contribution in [2.75, 3.05) is 11.4 Å². The van der Waals surface area contributed by atoms with E-state index in [9.17, 15) is 0 Å². The van der Waals surface area contributed by atoms with Crippen LogP contribution in [0.25, 0.3) is 0 Å². The molecule has 0 saturated heterocycles. The summed E-state index contributed by atoms with van der Waals surface area (Å²) in [5, 5.41) is 0. The summed E-state index contributed by atoms with van der Waals surface area (Å²) in [5.41, 5.74) is 18.7. The standard InChI is InChI=1S/C29H35N3O.V/c1-17-12-21(5)26(22(6)13-17)31-16-25(30)32(27-23(7)14-18(2)15-24(27)8)29(31)33-28-19(3)10-9-11-20(28)4;/h9-15,29-30H,16H2,1-8H3;/p+1. The molecule has 1 aliphatic heterocycles. The predicted molar refractivity (Wildman–Crippen MR) is 138 cm³/mol. The number of aryl methyl sites for hydroxylation is 8. The number of anilines is 1. The van der Waals surface area contributed by atoms with Crippen LogP contribution >= 0.6 is 0 Å². The second-order valence-electron chi connectivity index (χ2n) is 9.65. The van der Waals surface area contributed by atoms with Crippen molar-refractivity contribution in [2.24, 2.45) is 5.73 Å². The first kappa shape index (κ1) is 25.9. The van der Waals surface area contributed by atoms with Gasteiger partial charge in [-0.3, -0.25) is 10.6 Å². The molecule has 3 aromatic rings. The van der Waals surface area contributed by atoms with E-state index in [1.807, 2.05) is 0 Å². The van der Waals surface area contributed by atoms with E-state index < -0.39 is 0 Å². The molecular formula is C29H36N3OV+. The molecule has 0 saturated carbocycles. The molecule has 177 valence electrons. The van der Waals surface area contributed by atoms with Gasteiger partial charge in [0.2, 0.25) is 0 Å². The van der Waals surface area contributed by atoms with Crippen LogP contribution in [0.15, 0.2) is 42.5 Å². The van der Waals surface area contributed by atoms with Crippen LogP contribution in [-0.2, 0) is 18.6 Å². The predicted octanol–water partition coefficient (Wildman–Crippen LogP) is 6.04. The monoisotopic (exact) mass is 493 g/mol. The van der Waals surface area contributed by atoms with Gasteiger partial charge in [0, 0.05) is 24.2 Å². The summed E-state index contributed by atoms with van der Waals surface area (Å²) in [6.07, 6.45) is -0.384. The summed E-state index contributed by atoms with van der Waals surface area (Å²) in [6, 6.07) is 15.2. The smallest absolute Gasteiger partial charge is 0.328 e. The van der Waals surface area contributed by atoms with Gasteiger partial charge in [0.15, 0.2) is 0 Å². The Morgan fingerprint density at radius 2 is 1.24 bits per heavy atom. The van der Waals surface area contributed by atoms with E-state index in [1.54, 1.807) is 0 Å². The van der Waals surface area contributed by atoms with E-state index in [1.165, 1.54) is 39.1 Å². The minimum Gasteiger partial charge on any atom is -0.434 e. The Hall–Kier alpha value is -2.69. The fourth-order valence-electron chi connectivity index (χ4n) is 5.44. The molecule has 4 rings (SSSR count). The van der Waals surface area contributed by atoms with Gasteiger partial charge in [0.05, 0.1) is 0 Å². The molecule has 0 bridgehead atoms. The largest absolute Gasteiger partial charge is 0.434 e. The van der Waals surface area contributed by atoms with Gasteiger partial charge in [-0.25, -0.2) is 0 Å².